The number of nitrogens with zero attached hydrogens (tertiary/aromatic N) is 1. The third kappa shape index (κ3) is 1.42. The molecule has 0 aliphatic carbocycles. The number of hydrogen-bond acceptors (Lipinski definition) is 2. The SMILES string of the molecule is Cn1c(C(=O)O)cc2sc3c(Br)cccc3c21. The van der Waals surface area contributed by atoms with E-state index in [1.807, 2.05) is 18.2 Å². The lowest BCUT2D eigenvalue weighted by atomic mass is 10.2. The molecule has 0 atom stereocenters. The Labute approximate surface area is 109 Å². The van der Waals surface area contributed by atoms with Gasteiger partial charge >= 0.3 is 5.97 Å². The van der Waals surface area contributed by atoms with Gasteiger partial charge in [-0.1, -0.05) is 12.1 Å². The Balaban J connectivity index is 2.50. The Kier molecular flexibility index (Phi) is 2.27. The molecule has 2 heterocycles. The first-order valence-electron chi connectivity index (χ1n) is 4.99. The Morgan fingerprint density at radius 1 is 1.47 bits per heavy atom. The highest BCUT2D eigenvalue weighted by molar-refractivity contribution is 9.10. The Bertz CT molecular complexity index is 757. The summed E-state index contributed by atoms with van der Waals surface area (Å²) in [6.07, 6.45) is 0. The predicted octanol–water partition coefficient (Wildman–Crippen LogP) is 3.85. The smallest absolute Gasteiger partial charge is 0.352 e. The molecule has 0 unspecified atom stereocenters. The first-order chi connectivity index (χ1) is 8.09. The molecular weight excluding hydrogens is 302 g/mol. The number of thiophene rings is 1. The summed E-state index contributed by atoms with van der Waals surface area (Å²) >= 11 is 5.13. The van der Waals surface area contributed by atoms with Crippen LogP contribution in [0.4, 0.5) is 0 Å². The van der Waals surface area contributed by atoms with E-state index in [0.29, 0.717) is 5.69 Å². The molecule has 0 fully saturated rings. The molecule has 3 aromatic rings. The quantitative estimate of drug-likeness (QED) is 0.742. The largest absolute Gasteiger partial charge is 0.477 e. The molecule has 5 heteroatoms. The summed E-state index contributed by atoms with van der Waals surface area (Å²) in [6, 6.07) is 7.71. The Hall–Kier alpha value is -1.33. The van der Waals surface area contributed by atoms with Crippen molar-refractivity contribution in [1.82, 2.24) is 4.57 Å². The summed E-state index contributed by atoms with van der Waals surface area (Å²) in [6.45, 7) is 0. The van der Waals surface area contributed by atoms with Crippen LogP contribution >= 0.6 is 27.3 Å². The number of carboxylic acids is 1. The molecule has 0 amide bonds. The van der Waals surface area contributed by atoms with Gasteiger partial charge in [-0.25, -0.2) is 4.79 Å². The molecule has 0 saturated heterocycles. The summed E-state index contributed by atoms with van der Waals surface area (Å²) in [5.41, 5.74) is 1.32. The zero-order chi connectivity index (χ0) is 12.2. The third-order valence-corrected chi connectivity index (χ3v) is 4.95. The van der Waals surface area contributed by atoms with Crippen LogP contribution in [0.15, 0.2) is 28.7 Å². The fourth-order valence-corrected chi connectivity index (χ4v) is 3.86. The lowest BCUT2D eigenvalue weighted by molar-refractivity contribution is 0.0687. The molecule has 0 radical (unpaired) electrons. The van der Waals surface area contributed by atoms with Crippen molar-refractivity contribution < 1.29 is 9.90 Å². The lowest BCUT2D eigenvalue weighted by Crippen LogP contribution is -2.03. The number of aromatic carboxylic acids is 1. The van der Waals surface area contributed by atoms with E-state index < -0.39 is 5.97 Å². The lowest BCUT2D eigenvalue weighted by Gasteiger charge is -1.99. The summed E-state index contributed by atoms with van der Waals surface area (Å²) < 4.78 is 4.95. The Morgan fingerprint density at radius 2 is 2.24 bits per heavy atom. The van der Waals surface area contributed by atoms with Gasteiger partial charge in [0.1, 0.15) is 5.69 Å². The molecule has 17 heavy (non-hydrogen) atoms. The fourth-order valence-electron chi connectivity index (χ4n) is 2.08. The van der Waals surface area contributed by atoms with Crippen molar-refractivity contribution >= 4 is 53.5 Å². The third-order valence-electron chi connectivity index (χ3n) is 2.85. The van der Waals surface area contributed by atoms with Crippen LogP contribution in [0.3, 0.4) is 0 Å². The van der Waals surface area contributed by atoms with Gasteiger partial charge in [-0.15, -0.1) is 11.3 Å². The molecule has 0 spiro atoms. The van der Waals surface area contributed by atoms with Gasteiger partial charge in [0.15, 0.2) is 0 Å². The number of aryl methyl sites for hydroxylation is 1. The van der Waals surface area contributed by atoms with Gasteiger partial charge in [0.05, 0.1) is 14.9 Å². The van der Waals surface area contributed by atoms with E-state index in [4.69, 9.17) is 5.11 Å². The standard InChI is InChI=1S/C12H8BrNO2S/c1-14-8(12(15)16)5-9-10(14)6-3-2-4-7(13)11(6)17-9/h2-5H,1H3,(H,15,16). The number of rotatable bonds is 1. The number of carbonyl (C=O) groups is 1. The molecule has 0 aliphatic heterocycles. The molecule has 3 nitrogen and oxygen atoms in total. The van der Waals surface area contributed by atoms with Crippen molar-refractivity contribution in [3.05, 3.63) is 34.4 Å². The van der Waals surface area contributed by atoms with Crippen LogP contribution in [0, 0.1) is 0 Å². The van der Waals surface area contributed by atoms with Crippen molar-refractivity contribution in [3.63, 3.8) is 0 Å². The van der Waals surface area contributed by atoms with E-state index in [2.05, 4.69) is 15.9 Å². The first-order valence-corrected chi connectivity index (χ1v) is 6.60. The molecule has 1 aromatic carbocycles. The van der Waals surface area contributed by atoms with Gasteiger partial charge in [-0.05, 0) is 28.1 Å². The highest BCUT2D eigenvalue weighted by Gasteiger charge is 2.17. The van der Waals surface area contributed by atoms with E-state index >= 15 is 0 Å². The van der Waals surface area contributed by atoms with Gasteiger partial charge in [0, 0.05) is 16.9 Å². The molecule has 2 aromatic heterocycles. The van der Waals surface area contributed by atoms with E-state index in [1.165, 1.54) is 0 Å². The van der Waals surface area contributed by atoms with Gasteiger partial charge in [-0.2, -0.15) is 0 Å². The van der Waals surface area contributed by atoms with Crippen LogP contribution in [0.1, 0.15) is 10.5 Å². The van der Waals surface area contributed by atoms with Crippen LogP contribution in [0.2, 0.25) is 0 Å². The van der Waals surface area contributed by atoms with Crippen LogP contribution in [0.25, 0.3) is 20.3 Å². The second-order valence-electron chi connectivity index (χ2n) is 3.83. The van der Waals surface area contributed by atoms with Crippen molar-refractivity contribution in [2.45, 2.75) is 0 Å². The summed E-state index contributed by atoms with van der Waals surface area (Å²) in [5.74, 6) is -0.890. The molecule has 0 aliphatic rings. The van der Waals surface area contributed by atoms with E-state index in [-0.39, 0.29) is 0 Å². The van der Waals surface area contributed by atoms with Crippen LogP contribution < -0.4 is 0 Å². The van der Waals surface area contributed by atoms with Crippen molar-refractivity contribution in [1.29, 1.82) is 0 Å². The van der Waals surface area contributed by atoms with Crippen LogP contribution in [0.5, 0.6) is 0 Å². The van der Waals surface area contributed by atoms with Gasteiger partial charge < -0.3 is 9.67 Å². The topological polar surface area (TPSA) is 42.2 Å². The number of aromatic nitrogens is 1. The van der Waals surface area contributed by atoms with E-state index in [0.717, 1.165) is 24.8 Å². The zero-order valence-electron chi connectivity index (χ0n) is 8.90. The molecule has 3 rings (SSSR count). The zero-order valence-corrected chi connectivity index (χ0v) is 11.3. The van der Waals surface area contributed by atoms with E-state index in [1.54, 1.807) is 29.0 Å². The maximum Gasteiger partial charge on any atom is 0.352 e. The monoisotopic (exact) mass is 309 g/mol. The average molecular weight is 310 g/mol. The normalized spacial score (nSPS) is 11.4. The Morgan fingerprint density at radius 3 is 2.94 bits per heavy atom. The van der Waals surface area contributed by atoms with Crippen molar-refractivity contribution in [2.75, 3.05) is 0 Å². The minimum atomic E-state index is -0.890. The second-order valence-corrected chi connectivity index (χ2v) is 5.73. The molecule has 1 N–H and O–H groups in total. The maximum atomic E-state index is 11.1. The minimum absolute atomic E-state index is 0.327. The molecule has 86 valence electrons. The second kappa shape index (κ2) is 3.58. The number of fused-ring (bicyclic) bond motifs is 3. The van der Waals surface area contributed by atoms with Crippen LogP contribution in [-0.2, 0) is 7.05 Å². The highest BCUT2D eigenvalue weighted by Crippen LogP contribution is 2.39. The summed E-state index contributed by atoms with van der Waals surface area (Å²) in [5, 5.41) is 10.2. The predicted molar refractivity (Wildman–Crippen MR) is 73.0 cm³/mol. The fraction of sp³-hybridized carbons (Fsp3) is 0.0833. The number of benzene rings is 1. The molecule has 0 bridgehead atoms. The first kappa shape index (κ1) is 10.8. The van der Waals surface area contributed by atoms with Crippen LogP contribution in [-0.4, -0.2) is 15.6 Å². The minimum Gasteiger partial charge on any atom is -0.477 e. The van der Waals surface area contributed by atoms with E-state index in [9.17, 15) is 4.79 Å². The van der Waals surface area contributed by atoms with Crippen molar-refractivity contribution in [3.8, 4) is 0 Å². The molecule has 0 saturated carbocycles. The van der Waals surface area contributed by atoms with Gasteiger partial charge in [0.25, 0.3) is 0 Å². The average Bonchev–Trinajstić information content (AvgIpc) is 2.78. The summed E-state index contributed by atoms with van der Waals surface area (Å²) in [7, 11) is 1.79. The number of carboxylic acid groups (broad SMARTS) is 1. The maximum absolute atomic E-state index is 11.1. The van der Waals surface area contributed by atoms with Gasteiger partial charge in [0.2, 0.25) is 0 Å². The highest BCUT2D eigenvalue weighted by atomic mass is 79.9. The van der Waals surface area contributed by atoms with Crippen molar-refractivity contribution in [2.24, 2.45) is 7.05 Å². The number of halogens is 1. The molecular formula is C12H8BrNO2S. The van der Waals surface area contributed by atoms with Gasteiger partial charge in [-0.3, -0.25) is 0 Å². The number of hydrogen-bond donors (Lipinski definition) is 1. The summed E-state index contributed by atoms with van der Waals surface area (Å²) in [4.78, 5) is 11.1.